The van der Waals surface area contributed by atoms with Crippen LogP contribution in [0.25, 0.3) is 0 Å². The van der Waals surface area contributed by atoms with Crippen molar-refractivity contribution in [1.29, 1.82) is 0 Å². The quantitative estimate of drug-likeness (QED) is 0.700. The van der Waals surface area contributed by atoms with Gasteiger partial charge in [-0.1, -0.05) is 19.6 Å². The molecule has 0 aromatic carbocycles. The Morgan fingerprint density at radius 3 is 3.14 bits per heavy atom. The van der Waals surface area contributed by atoms with E-state index in [9.17, 15) is 0 Å². The minimum atomic E-state index is 0.450. The summed E-state index contributed by atoms with van der Waals surface area (Å²) in [7, 11) is 0. The lowest BCUT2D eigenvalue weighted by Gasteiger charge is -2.05. The van der Waals surface area contributed by atoms with Crippen LogP contribution in [0.4, 0.5) is 5.82 Å². The third kappa shape index (κ3) is 3.43. The molecule has 0 aliphatic heterocycles. The van der Waals surface area contributed by atoms with Crippen LogP contribution in [0.1, 0.15) is 13.3 Å². The first-order valence-electron chi connectivity index (χ1n) is 4.66. The summed E-state index contributed by atoms with van der Waals surface area (Å²) < 4.78 is 5.24. The summed E-state index contributed by atoms with van der Waals surface area (Å²) in [6, 6.07) is 0. The predicted octanol–water partition coefficient (Wildman–Crippen LogP) is 1.86. The monoisotopic (exact) mass is 193 g/mol. The van der Waals surface area contributed by atoms with Crippen LogP contribution in [0.15, 0.2) is 25.0 Å². The summed E-state index contributed by atoms with van der Waals surface area (Å²) in [5, 5.41) is 3.13. The second-order valence-electron chi connectivity index (χ2n) is 2.77. The standard InChI is InChI=1S/C10H15N3O/c1-3-5-12-9-7-11-8-10(13-9)14-6-4-2/h4,7-8H,2-3,5-6H2,1H3,(H,12,13). The van der Waals surface area contributed by atoms with Crippen molar-refractivity contribution in [2.45, 2.75) is 13.3 Å². The molecule has 4 heteroatoms. The first-order chi connectivity index (χ1) is 6.86. The Labute approximate surface area is 84.0 Å². The second kappa shape index (κ2) is 5.96. The van der Waals surface area contributed by atoms with Gasteiger partial charge >= 0.3 is 0 Å². The molecule has 0 fully saturated rings. The van der Waals surface area contributed by atoms with E-state index in [0.717, 1.165) is 18.8 Å². The molecule has 0 radical (unpaired) electrons. The average molecular weight is 193 g/mol. The highest BCUT2D eigenvalue weighted by molar-refractivity contribution is 5.32. The highest BCUT2D eigenvalue weighted by atomic mass is 16.5. The maximum absolute atomic E-state index is 5.24. The van der Waals surface area contributed by atoms with Gasteiger partial charge < -0.3 is 10.1 Å². The van der Waals surface area contributed by atoms with Crippen LogP contribution in [0, 0.1) is 0 Å². The summed E-state index contributed by atoms with van der Waals surface area (Å²) in [6.07, 6.45) is 5.99. The van der Waals surface area contributed by atoms with E-state index in [1.165, 1.54) is 0 Å². The van der Waals surface area contributed by atoms with E-state index in [-0.39, 0.29) is 0 Å². The summed E-state index contributed by atoms with van der Waals surface area (Å²) >= 11 is 0. The lowest BCUT2D eigenvalue weighted by Crippen LogP contribution is -2.04. The van der Waals surface area contributed by atoms with Gasteiger partial charge in [-0.15, -0.1) is 0 Å². The molecule has 0 amide bonds. The molecule has 1 aromatic rings. The van der Waals surface area contributed by atoms with E-state index in [4.69, 9.17) is 4.74 Å². The number of aromatic nitrogens is 2. The third-order valence-corrected chi connectivity index (χ3v) is 1.52. The van der Waals surface area contributed by atoms with Crippen molar-refractivity contribution >= 4 is 5.82 Å². The number of ether oxygens (including phenoxy) is 1. The number of hydrogen-bond acceptors (Lipinski definition) is 4. The van der Waals surface area contributed by atoms with Gasteiger partial charge in [0.15, 0.2) is 0 Å². The molecule has 0 aliphatic carbocycles. The van der Waals surface area contributed by atoms with Gasteiger partial charge in [0.05, 0.1) is 12.4 Å². The van der Waals surface area contributed by atoms with Crippen LogP contribution >= 0.6 is 0 Å². The van der Waals surface area contributed by atoms with E-state index in [2.05, 4.69) is 28.8 Å². The van der Waals surface area contributed by atoms with E-state index in [1.54, 1.807) is 18.5 Å². The van der Waals surface area contributed by atoms with Gasteiger partial charge in [-0.2, -0.15) is 4.98 Å². The fourth-order valence-electron chi connectivity index (χ4n) is 0.900. The lowest BCUT2D eigenvalue weighted by molar-refractivity contribution is 0.347. The highest BCUT2D eigenvalue weighted by Crippen LogP contribution is 2.08. The van der Waals surface area contributed by atoms with Crippen LogP contribution in [0.5, 0.6) is 5.88 Å². The normalized spacial score (nSPS) is 9.50. The number of rotatable bonds is 6. The molecule has 0 spiro atoms. The maximum atomic E-state index is 5.24. The van der Waals surface area contributed by atoms with Crippen molar-refractivity contribution in [1.82, 2.24) is 9.97 Å². The molecule has 4 nitrogen and oxygen atoms in total. The van der Waals surface area contributed by atoms with Crippen LogP contribution in [-0.4, -0.2) is 23.1 Å². The average Bonchev–Trinajstić information content (AvgIpc) is 2.24. The van der Waals surface area contributed by atoms with Crippen molar-refractivity contribution in [3.8, 4) is 5.88 Å². The molecule has 0 saturated carbocycles. The second-order valence-corrected chi connectivity index (χ2v) is 2.77. The number of anilines is 1. The van der Waals surface area contributed by atoms with Gasteiger partial charge in [0.1, 0.15) is 12.4 Å². The van der Waals surface area contributed by atoms with Crippen molar-refractivity contribution in [2.24, 2.45) is 0 Å². The minimum Gasteiger partial charge on any atom is -0.472 e. The van der Waals surface area contributed by atoms with Gasteiger partial charge in [0.2, 0.25) is 5.88 Å². The van der Waals surface area contributed by atoms with Gasteiger partial charge in [0.25, 0.3) is 0 Å². The molecular weight excluding hydrogens is 178 g/mol. The van der Waals surface area contributed by atoms with Gasteiger partial charge in [-0.05, 0) is 6.42 Å². The zero-order chi connectivity index (χ0) is 10.2. The Kier molecular flexibility index (Phi) is 4.47. The summed E-state index contributed by atoms with van der Waals surface area (Å²) in [4.78, 5) is 8.21. The zero-order valence-corrected chi connectivity index (χ0v) is 8.36. The number of nitrogens with zero attached hydrogens (tertiary/aromatic N) is 2. The summed E-state index contributed by atoms with van der Waals surface area (Å²) in [5.41, 5.74) is 0. The molecule has 1 rings (SSSR count). The van der Waals surface area contributed by atoms with Crippen LogP contribution in [0.3, 0.4) is 0 Å². The Bertz CT molecular complexity index is 288. The number of hydrogen-bond donors (Lipinski definition) is 1. The Hall–Kier alpha value is -1.58. The van der Waals surface area contributed by atoms with E-state index in [0.29, 0.717) is 12.5 Å². The smallest absolute Gasteiger partial charge is 0.234 e. The third-order valence-electron chi connectivity index (χ3n) is 1.52. The zero-order valence-electron chi connectivity index (χ0n) is 8.36. The van der Waals surface area contributed by atoms with Crippen LogP contribution in [0.2, 0.25) is 0 Å². The van der Waals surface area contributed by atoms with Crippen molar-refractivity contribution in [3.05, 3.63) is 25.0 Å². The molecule has 14 heavy (non-hydrogen) atoms. The fourth-order valence-corrected chi connectivity index (χ4v) is 0.900. The predicted molar refractivity (Wildman–Crippen MR) is 56.5 cm³/mol. The minimum absolute atomic E-state index is 0.450. The first-order valence-corrected chi connectivity index (χ1v) is 4.66. The lowest BCUT2D eigenvalue weighted by atomic mass is 10.5. The summed E-state index contributed by atoms with van der Waals surface area (Å²) in [5.74, 6) is 1.26. The molecule has 0 atom stereocenters. The molecular formula is C10H15N3O. The topological polar surface area (TPSA) is 47.0 Å². The first kappa shape index (κ1) is 10.5. The Morgan fingerprint density at radius 1 is 1.57 bits per heavy atom. The van der Waals surface area contributed by atoms with Crippen LogP contribution in [-0.2, 0) is 0 Å². The maximum Gasteiger partial charge on any atom is 0.234 e. The van der Waals surface area contributed by atoms with E-state index >= 15 is 0 Å². The largest absolute Gasteiger partial charge is 0.472 e. The van der Waals surface area contributed by atoms with Gasteiger partial charge in [-0.3, -0.25) is 4.98 Å². The van der Waals surface area contributed by atoms with Crippen LogP contribution < -0.4 is 10.1 Å². The van der Waals surface area contributed by atoms with Crippen molar-refractivity contribution in [3.63, 3.8) is 0 Å². The Balaban J connectivity index is 2.54. The molecule has 1 heterocycles. The molecule has 76 valence electrons. The SMILES string of the molecule is C=CCOc1cncc(NCCC)n1. The molecule has 0 aliphatic rings. The number of nitrogens with one attached hydrogen (secondary N) is 1. The molecule has 1 aromatic heterocycles. The fraction of sp³-hybridized carbons (Fsp3) is 0.400. The highest BCUT2D eigenvalue weighted by Gasteiger charge is 1.97. The molecule has 0 unspecified atom stereocenters. The Morgan fingerprint density at radius 2 is 2.43 bits per heavy atom. The van der Waals surface area contributed by atoms with Crippen molar-refractivity contribution < 1.29 is 4.74 Å². The van der Waals surface area contributed by atoms with E-state index < -0.39 is 0 Å². The van der Waals surface area contributed by atoms with Gasteiger partial charge in [-0.25, -0.2) is 0 Å². The molecule has 0 saturated heterocycles. The summed E-state index contributed by atoms with van der Waals surface area (Å²) in [6.45, 7) is 6.99. The van der Waals surface area contributed by atoms with E-state index in [1.807, 2.05) is 0 Å². The van der Waals surface area contributed by atoms with Gasteiger partial charge in [0, 0.05) is 6.54 Å². The molecule has 1 N–H and O–H groups in total. The molecule has 0 bridgehead atoms. The van der Waals surface area contributed by atoms with Crippen molar-refractivity contribution in [2.75, 3.05) is 18.5 Å².